The van der Waals surface area contributed by atoms with Crippen LogP contribution < -0.4 is 10.6 Å². The summed E-state index contributed by atoms with van der Waals surface area (Å²) in [6, 6.07) is 14.2. The number of hydrogen-bond acceptors (Lipinski definition) is 4. The van der Waals surface area contributed by atoms with E-state index in [0.717, 1.165) is 43.5 Å². The van der Waals surface area contributed by atoms with Gasteiger partial charge < -0.3 is 10.2 Å². The number of nitrogens with zero attached hydrogens (tertiary/aromatic N) is 2. The maximum atomic E-state index is 13.3. The summed E-state index contributed by atoms with van der Waals surface area (Å²) in [5, 5.41) is 6.77. The molecule has 2 aromatic rings. The summed E-state index contributed by atoms with van der Waals surface area (Å²) in [6.07, 6.45) is 7.95. The van der Waals surface area contributed by atoms with Crippen LogP contribution >= 0.6 is 0 Å². The smallest absolute Gasteiger partial charge is 0.253 e. The molecule has 2 N–H and O–H groups in total. The third kappa shape index (κ3) is 5.05. The molecule has 3 atom stereocenters. The third-order valence-electron chi connectivity index (χ3n) is 7.19. The summed E-state index contributed by atoms with van der Waals surface area (Å²) in [5.41, 5.74) is 2.40. The van der Waals surface area contributed by atoms with E-state index in [1.54, 1.807) is 6.07 Å². The van der Waals surface area contributed by atoms with Crippen LogP contribution in [0, 0.1) is 11.7 Å². The van der Waals surface area contributed by atoms with Gasteiger partial charge in [0, 0.05) is 37.8 Å². The van der Waals surface area contributed by atoms with Gasteiger partial charge in [-0.25, -0.2) is 4.39 Å². The summed E-state index contributed by atoms with van der Waals surface area (Å²) in [6.45, 7) is 2.69. The molecule has 5 rings (SSSR count). The molecule has 0 radical (unpaired) electrons. The van der Waals surface area contributed by atoms with Gasteiger partial charge in [-0.15, -0.1) is 0 Å². The minimum absolute atomic E-state index is 0.0216. The van der Waals surface area contributed by atoms with Gasteiger partial charge in [0.25, 0.3) is 5.91 Å². The van der Waals surface area contributed by atoms with E-state index in [1.165, 1.54) is 18.6 Å². The van der Waals surface area contributed by atoms with E-state index in [0.29, 0.717) is 18.7 Å². The number of benzene rings is 2. The van der Waals surface area contributed by atoms with E-state index in [2.05, 4.69) is 15.5 Å². The molecule has 1 aliphatic carbocycles. The van der Waals surface area contributed by atoms with Crippen molar-refractivity contribution >= 4 is 24.0 Å². The fraction of sp³-hybridized carbons (Fsp3) is 0.407. The lowest BCUT2D eigenvalue weighted by Gasteiger charge is -2.46. The average Bonchev–Trinajstić information content (AvgIpc) is 2.87. The lowest BCUT2D eigenvalue weighted by molar-refractivity contribution is -0.134. The van der Waals surface area contributed by atoms with Gasteiger partial charge in [0.15, 0.2) is 0 Å². The second-order valence-electron chi connectivity index (χ2n) is 9.41. The van der Waals surface area contributed by atoms with Crippen molar-refractivity contribution in [3.05, 3.63) is 71.0 Å². The molecule has 178 valence electrons. The summed E-state index contributed by atoms with van der Waals surface area (Å²) < 4.78 is 13.3. The summed E-state index contributed by atoms with van der Waals surface area (Å²) in [4.78, 5) is 29.7. The highest BCUT2D eigenvalue weighted by Gasteiger charge is 2.39. The van der Waals surface area contributed by atoms with Crippen LogP contribution in [0.2, 0.25) is 0 Å². The molecular formula is C27H31FN4O2. The molecule has 2 saturated heterocycles. The fourth-order valence-corrected chi connectivity index (χ4v) is 5.23. The van der Waals surface area contributed by atoms with E-state index in [1.807, 2.05) is 47.4 Å². The van der Waals surface area contributed by atoms with Crippen LogP contribution in [0.5, 0.6) is 0 Å². The number of rotatable bonds is 4. The third-order valence-corrected chi connectivity index (χ3v) is 7.19. The molecule has 0 spiro atoms. The van der Waals surface area contributed by atoms with Crippen molar-refractivity contribution in [1.82, 2.24) is 20.4 Å². The molecule has 0 bridgehead atoms. The van der Waals surface area contributed by atoms with Crippen molar-refractivity contribution in [2.45, 2.75) is 38.0 Å². The molecule has 3 unspecified atom stereocenters. The van der Waals surface area contributed by atoms with Crippen molar-refractivity contribution < 1.29 is 14.0 Å². The largest absolute Gasteiger partial charge is 0.336 e. The summed E-state index contributed by atoms with van der Waals surface area (Å²) in [7, 11) is 0. The Labute approximate surface area is 199 Å². The zero-order chi connectivity index (χ0) is 23.5. The summed E-state index contributed by atoms with van der Waals surface area (Å²) in [5.74, 6) is 0.0225. The SMILES string of the molecule is O=C1NC(N2CCN(C(=O)c3ccc(/C=C/c4cccc(F)c4)cc3)CC2)NC2CCCCC12. The fourth-order valence-electron chi connectivity index (χ4n) is 5.23. The maximum absolute atomic E-state index is 13.3. The van der Waals surface area contributed by atoms with Gasteiger partial charge >= 0.3 is 0 Å². The molecule has 0 aromatic heterocycles. The lowest BCUT2D eigenvalue weighted by atomic mass is 9.82. The van der Waals surface area contributed by atoms with Crippen molar-refractivity contribution in [1.29, 1.82) is 0 Å². The number of hydrogen-bond donors (Lipinski definition) is 2. The van der Waals surface area contributed by atoms with Gasteiger partial charge in [0.2, 0.25) is 5.91 Å². The van der Waals surface area contributed by atoms with Crippen LogP contribution in [0.4, 0.5) is 4.39 Å². The molecule has 2 heterocycles. The minimum Gasteiger partial charge on any atom is -0.336 e. The van der Waals surface area contributed by atoms with E-state index >= 15 is 0 Å². The van der Waals surface area contributed by atoms with E-state index in [9.17, 15) is 14.0 Å². The zero-order valence-electron chi connectivity index (χ0n) is 19.3. The second-order valence-corrected chi connectivity index (χ2v) is 9.41. The minimum atomic E-state index is -0.261. The Hall–Kier alpha value is -3.03. The van der Waals surface area contributed by atoms with Crippen LogP contribution in [0.1, 0.15) is 47.2 Å². The first kappa shape index (κ1) is 22.7. The molecule has 1 saturated carbocycles. The molecule has 6 nitrogen and oxygen atoms in total. The number of carbonyl (C=O) groups is 2. The van der Waals surface area contributed by atoms with E-state index in [-0.39, 0.29) is 35.9 Å². The number of halogens is 1. The normalized spacial score (nSPS) is 25.7. The van der Waals surface area contributed by atoms with Crippen LogP contribution in [0.15, 0.2) is 48.5 Å². The Kier molecular flexibility index (Phi) is 6.74. The number of carbonyl (C=O) groups excluding carboxylic acids is 2. The topological polar surface area (TPSA) is 64.7 Å². The highest BCUT2D eigenvalue weighted by atomic mass is 19.1. The average molecular weight is 463 g/mol. The second kappa shape index (κ2) is 10.1. The van der Waals surface area contributed by atoms with Crippen LogP contribution in [-0.2, 0) is 4.79 Å². The first-order valence-corrected chi connectivity index (χ1v) is 12.2. The molecule has 7 heteroatoms. The number of fused-ring (bicyclic) bond motifs is 1. The predicted octanol–water partition coefficient (Wildman–Crippen LogP) is 3.32. The summed E-state index contributed by atoms with van der Waals surface area (Å²) >= 11 is 0. The van der Waals surface area contributed by atoms with Crippen molar-refractivity contribution in [3.63, 3.8) is 0 Å². The number of piperazine rings is 1. The van der Waals surface area contributed by atoms with Gasteiger partial charge in [-0.3, -0.25) is 19.8 Å². The number of nitrogens with one attached hydrogen (secondary N) is 2. The quantitative estimate of drug-likeness (QED) is 0.685. The van der Waals surface area contributed by atoms with Gasteiger partial charge in [-0.05, 0) is 48.2 Å². The van der Waals surface area contributed by atoms with Gasteiger partial charge in [0.05, 0.1) is 5.92 Å². The molecular weight excluding hydrogens is 431 g/mol. The molecule has 2 aromatic carbocycles. The van der Waals surface area contributed by atoms with Gasteiger partial charge in [-0.2, -0.15) is 0 Å². The maximum Gasteiger partial charge on any atom is 0.253 e. The number of amides is 2. The van der Waals surface area contributed by atoms with Gasteiger partial charge in [-0.1, -0.05) is 49.3 Å². The Morgan fingerprint density at radius 2 is 1.68 bits per heavy atom. The standard InChI is InChI=1S/C27H31FN4O2/c28-22-5-3-4-20(18-22)9-8-19-10-12-21(13-11-19)26(34)31-14-16-32(17-15-31)27-29-24-7-2-1-6-23(24)25(33)30-27/h3-5,8-13,18,23-24,27,29H,1-2,6-7,14-17H2,(H,30,33)/b9-8+. The first-order chi connectivity index (χ1) is 16.6. The highest BCUT2D eigenvalue weighted by molar-refractivity contribution is 5.94. The Balaban J connectivity index is 1.15. The zero-order valence-corrected chi connectivity index (χ0v) is 19.3. The van der Waals surface area contributed by atoms with Crippen LogP contribution in [0.25, 0.3) is 12.2 Å². The molecule has 2 amide bonds. The molecule has 3 fully saturated rings. The molecule has 34 heavy (non-hydrogen) atoms. The molecule has 2 aliphatic heterocycles. The van der Waals surface area contributed by atoms with Crippen LogP contribution in [0.3, 0.4) is 0 Å². The van der Waals surface area contributed by atoms with Crippen LogP contribution in [-0.4, -0.2) is 60.1 Å². The lowest BCUT2D eigenvalue weighted by Crippen LogP contribution is -2.69. The first-order valence-electron chi connectivity index (χ1n) is 12.2. The van der Waals surface area contributed by atoms with E-state index < -0.39 is 0 Å². The van der Waals surface area contributed by atoms with Crippen molar-refractivity contribution in [2.24, 2.45) is 5.92 Å². The van der Waals surface area contributed by atoms with Crippen molar-refractivity contribution in [3.8, 4) is 0 Å². The monoisotopic (exact) mass is 462 g/mol. The highest BCUT2D eigenvalue weighted by Crippen LogP contribution is 2.27. The molecule has 3 aliphatic rings. The predicted molar refractivity (Wildman–Crippen MR) is 130 cm³/mol. The van der Waals surface area contributed by atoms with Crippen molar-refractivity contribution in [2.75, 3.05) is 26.2 Å². The Morgan fingerprint density at radius 1 is 0.941 bits per heavy atom. The van der Waals surface area contributed by atoms with Gasteiger partial charge in [0.1, 0.15) is 12.1 Å². The Morgan fingerprint density at radius 3 is 2.44 bits per heavy atom. The van der Waals surface area contributed by atoms with E-state index in [4.69, 9.17) is 0 Å². The Bertz CT molecular complexity index is 1060.